The molecule has 1 atom stereocenters. The number of anilines is 2. The van der Waals surface area contributed by atoms with Crippen molar-refractivity contribution in [2.75, 3.05) is 30.3 Å². The Labute approximate surface area is 186 Å². The normalized spacial score (nSPS) is 19.5. The number of carbonyl (C=O) groups is 2. The summed E-state index contributed by atoms with van der Waals surface area (Å²) in [5.74, 6) is -0.0779. The van der Waals surface area contributed by atoms with Crippen LogP contribution in [0.15, 0.2) is 29.6 Å². The number of urea groups is 1. The molecule has 1 unspecified atom stereocenters. The van der Waals surface area contributed by atoms with E-state index in [2.05, 4.69) is 26.3 Å². The van der Waals surface area contributed by atoms with Crippen molar-refractivity contribution in [3.63, 3.8) is 0 Å². The SMILES string of the molecule is O=C(CC1CNCCO1)Nc1cccc(-c2csc(NC(=O)NC3CCCCC3)n2)c1. The summed E-state index contributed by atoms with van der Waals surface area (Å²) in [7, 11) is 0. The Morgan fingerprint density at radius 2 is 2.06 bits per heavy atom. The van der Waals surface area contributed by atoms with E-state index in [4.69, 9.17) is 4.74 Å². The van der Waals surface area contributed by atoms with Crippen molar-refractivity contribution in [1.29, 1.82) is 0 Å². The fraction of sp³-hybridized carbons (Fsp3) is 0.500. The second-order valence-electron chi connectivity index (χ2n) is 8.00. The summed E-state index contributed by atoms with van der Waals surface area (Å²) in [4.78, 5) is 29.1. The number of hydrogen-bond acceptors (Lipinski definition) is 6. The summed E-state index contributed by atoms with van der Waals surface area (Å²) in [6.07, 6.45) is 5.90. The summed E-state index contributed by atoms with van der Waals surface area (Å²) in [5.41, 5.74) is 2.35. The van der Waals surface area contributed by atoms with Crippen molar-refractivity contribution in [3.8, 4) is 11.3 Å². The standard InChI is InChI=1S/C22H29N5O3S/c28-20(12-18-13-23-9-10-30-18)24-17-8-4-5-15(11-17)19-14-31-22(26-19)27-21(29)25-16-6-2-1-3-7-16/h4-5,8,11,14,16,18,23H,1-3,6-7,9-10,12-13H2,(H,24,28)(H2,25,26,27,29). The number of amides is 3. The Morgan fingerprint density at radius 3 is 2.87 bits per heavy atom. The summed E-state index contributed by atoms with van der Waals surface area (Å²) < 4.78 is 5.59. The molecule has 2 fully saturated rings. The van der Waals surface area contributed by atoms with Crippen molar-refractivity contribution in [1.82, 2.24) is 15.6 Å². The highest BCUT2D eigenvalue weighted by molar-refractivity contribution is 7.14. The maximum absolute atomic E-state index is 12.3. The van der Waals surface area contributed by atoms with Crippen molar-refractivity contribution in [3.05, 3.63) is 29.6 Å². The number of morpholine rings is 1. The third-order valence-electron chi connectivity index (χ3n) is 5.52. The molecule has 3 amide bonds. The predicted octanol–water partition coefficient (Wildman–Crippen LogP) is 3.58. The van der Waals surface area contributed by atoms with Crippen LogP contribution in [0.1, 0.15) is 38.5 Å². The lowest BCUT2D eigenvalue weighted by Crippen LogP contribution is -2.40. The molecule has 4 rings (SSSR count). The van der Waals surface area contributed by atoms with Crippen LogP contribution in [0.25, 0.3) is 11.3 Å². The zero-order valence-corrected chi connectivity index (χ0v) is 18.3. The number of ether oxygens (including phenoxy) is 1. The Kier molecular flexibility index (Phi) is 7.50. The second-order valence-corrected chi connectivity index (χ2v) is 8.86. The average molecular weight is 444 g/mol. The van der Waals surface area contributed by atoms with Crippen LogP contribution in [-0.2, 0) is 9.53 Å². The summed E-state index contributed by atoms with van der Waals surface area (Å²) in [6.45, 7) is 2.15. The minimum atomic E-state index is -0.201. The molecule has 1 saturated carbocycles. The molecule has 1 aromatic heterocycles. The van der Waals surface area contributed by atoms with Gasteiger partial charge in [0.15, 0.2) is 5.13 Å². The molecule has 1 saturated heterocycles. The van der Waals surface area contributed by atoms with Crippen molar-refractivity contribution >= 4 is 34.1 Å². The molecule has 31 heavy (non-hydrogen) atoms. The fourth-order valence-corrected chi connectivity index (χ4v) is 4.67. The van der Waals surface area contributed by atoms with E-state index < -0.39 is 0 Å². The maximum Gasteiger partial charge on any atom is 0.321 e. The van der Waals surface area contributed by atoms with E-state index >= 15 is 0 Å². The largest absolute Gasteiger partial charge is 0.375 e. The molecule has 1 aliphatic heterocycles. The van der Waals surface area contributed by atoms with Crippen LogP contribution in [0.4, 0.5) is 15.6 Å². The molecule has 8 nitrogen and oxygen atoms in total. The molecule has 0 radical (unpaired) electrons. The highest BCUT2D eigenvalue weighted by Crippen LogP contribution is 2.27. The van der Waals surface area contributed by atoms with Crippen LogP contribution < -0.4 is 21.3 Å². The number of rotatable bonds is 6. The number of nitrogens with zero attached hydrogens (tertiary/aromatic N) is 1. The predicted molar refractivity (Wildman–Crippen MR) is 122 cm³/mol. The Bertz CT molecular complexity index is 891. The summed E-state index contributed by atoms with van der Waals surface area (Å²) in [6, 6.07) is 7.61. The number of hydrogen-bond donors (Lipinski definition) is 4. The van der Waals surface area contributed by atoms with E-state index in [-0.39, 0.29) is 24.1 Å². The molecule has 2 aliphatic rings. The molecule has 9 heteroatoms. The Hall–Kier alpha value is -2.49. The van der Waals surface area contributed by atoms with Gasteiger partial charge >= 0.3 is 6.03 Å². The van der Waals surface area contributed by atoms with E-state index in [0.29, 0.717) is 30.4 Å². The molecule has 2 aromatic rings. The molecular weight excluding hydrogens is 414 g/mol. The first-order valence-electron chi connectivity index (χ1n) is 10.9. The lowest BCUT2D eigenvalue weighted by Gasteiger charge is -2.23. The Balaban J connectivity index is 1.31. The van der Waals surface area contributed by atoms with Gasteiger partial charge in [-0.2, -0.15) is 0 Å². The van der Waals surface area contributed by atoms with E-state index in [1.54, 1.807) is 0 Å². The van der Waals surface area contributed by atoms with Gasteiger partial charge < -0.3 is 20.7 Å². The van der Waals surface area contributed by atoms with Gasteiger partial charge in [0, 0.05) is 35.8 Å². The molecule has 4 N–H and O–H groups in total. The maximum atomic E-state index is 12.3. The first-order valence-corrected chi connectivity index (χ1v) is 11.8. The molecule has 166 valence electrons. The van der Waals surface area contributed by atoms with Gasteiger partial charge in [-0.3, -0.25) is 10.1 Å². The smallest absolute Gasteiger partial charge is 0.321 e. The van der Waals surface area contributed by atoms with Crippen LogP contribution >= 0.6 is 11.3 Å². The number of thiazole rings is 1. The van der Waals surface area contributed by atoms with Crippen LogP contribution in [0.2, 0.25) is 0 Å². The molecule has 1 aliphatic carbocycles. The first-order chi connectivity index (χ1) is 15.2. The van der Waals surface area contributed by atoms with Gasteiger partial charge in [0.2, 0.25) is 5.91 Å². The van der Waals surface area contributed by atoms with Crippen LogP contribution in [-0.4, -0.2) is 48.8 Å². The number of nitrogens with one attached hydrogen (secondary N) is 4. The van der Waals surface area contributed by atoms with Gasteiger partial charge in [0.1, 0.15) is 0 Å². The fourth-order valence-electron chi connectivity index (χ4n) is 3.96. The number of carbonyl (C=O) groups excluding carboxylic acids is 2. The summed E-state index contributed by atoms with van der Waals surface area (Å²) in [5, 5.41) is 14.5. The van der Waals surface area contributed by atoms with Gasteiger partial charge in [0.25, 0.3) is 0 Å². The van der Waals surface area contributed by atoms with E-state index in [1.165, 1.54) is 30.6 Å². The van der Waals surface area contributed by atoms with Crippen molar-refractivity contribution in [2.24, 2.45) is 0 Å². The Morgan fingerprint density at radius 1 is 1.19 bits per heavy atom. The molecular formula is C22H29N5O3S. The molecule has 0 spiro atoms. The van der Waals surface area contributed by atoms with E-state index in [9.17, 15) is 9.59 Å². The average Bonchev–Trinajstić information content (AvgIpc) is 3.23. The van der Waals surface area contributed by atoms with Crippen molar-refractivity contribution < 1.29 is 14.3 Å². The topological polar surface area (TPSA) is 104 Å². The number of benzene rings is 1. The molecule has 2 heterocycles. The lowest BCUT2D eigenvalue weighted by molar-refractivity contribution is -0.119. The molecule has 1 aromatic carbocycles. The van der Waals surface area contributed by atoms with Crippen LogP contribution in [0.3, 0.4) is 0 Å². The van der Waals surface area contributed by atoms with E-state index in [1.807, 2.05) is 29.6 Å². The van der Waals surface area contributed by atoms with Crippen molar-refractivity contribution in [2.45, 2.75) is 50.7 Å². The van der Waals surface area contributed by atoms with E-state index in [0.717, 1.165) is 30.6 Å². The molecule has 0 bridgehead atoms. The zero-order valence-electron chi connectivity index (χ0n) is 17.5. The van der Waals surface area contributed by atoms with Crippen LogP contribution in [0.5, 0.6) is 0 Å². The first kappa shape index (κ1) is 21.7. The lowest BCUT2D eigenvalue weighted by atomic mass is 9.96. The third kappa shape index (κ3) is 6.49. The summed E-state index contributed by atoms with van der Waals surface area (Å²) >= 11 is 1.38. The quantitative estimate of drug-likeness (QED) is 0.546. The third-order valence-corrected chi connectivity index (χ3v) is 6.28. The zero-order chi connectivity index (χ0) is 21.5. The minimum Gasteiger partial charge on any atom is -0.375 e. The van der Waals surface area contributed by atoms with Gasteiger partial charge in [0.05, 0.1) is 24.8 Å². The second kappa shape index (κ2) is 10.7. The highest BCUT2D eigenvalue weighted by Gasteiger charge is 2.18. The highest BCUT2D eigenvalue weighted by atomic mass is 32.1. The number of aromatic nitrogens is 1. The van der Waals surface area contributed by atoms with Gasteiger partial charge in [-0.1, -0.05) is 31.4 Å². The monoisotopic (exact) mass is 443 g/mol. The van der Waals surface area contributed by atoms with Gasteiger partial charge in [-0.15, -0.1) is 11.3 Å². The van der Waals surface area contributed by atoms with Gasteiger partial charge in [-0.05, 0) is 25.0 Å². The minimum absolute atomic E-state index is 0.0779. The van der Waals surface area contributed by atoms with Crippen LogP contribution in [0, 0.1) is 0 Å². The van der Waals surface area contributed by atoms with Gasteiger partial charge in [-0.25, -0.2) is 9.78 Å².